The van der Waals surface area contributed by atoms with Crippen molar-refractivity contribution in [3.63, 3.8) is 0 Å². The van der Waals surface area contributed by atoms with Crippen LogP contribution in [0, 0.1) is 11.8 Å². The Morgan fingerprint density at radius 2 is 1.54 bits per heavy atom. The molecule has 3 fully saturated rings. The highest BCUT2D eigenvalue weighted by atomic mass is 19.4. The predicted octanol–water partition coefficient (Wildman–Crippen LogP) is 9.74. The van der Waals surface area contributed by atoms with Crippen LogP contribution >= 0.6 is 0 Å². The highest BCUT2D eigenvalue weighted by Gasteiger charge is 2.43. The molecule has 4 nitrogen and oxygen atoms in total. The Morgan fingerprint density at radius 3 is 2.10 bits per heavy atom. The van der Waals surface area contributed by atoms with E-state index in [0.29, 0.717) is 11.3 Å². The van der Waals surface area contributed by atoms with Crippen LogP contribution in [0.3, 0.4) is 0 Å². The summed E-state index contributed by atoms with van der Waals surface area (Å²) in [5.41, 5.74) is 0.336. The molecule has 0 spiro atoms. The SMILES string of the molecule is CC.CC.COC(=O)C1CC2CCCC(C1)N2C(C)c1ccc2c(C(F)(F)F)c(OC3CCC(C)CC3)ccc2c1. The van der Waals surface area contributed by atoms with Crippen LogP contribution in [0.1, 0.15) is 116 Å². The van der Waals surface area contributed by atoms with Crippen molar-refractivity contribution in [2.45, 2.75) is 130 Å². The molecule has 0 amide bonds. The number of methoxy groups -OCH3 is 1. The second-order valence-corrected chi connectivity index (χ2v) is 11.5. The fourth-order valence-electron chi connectivity index (χ4n) is 7.09. The van der Waals surface area contributed by atoms with Crippen molar-refractivity contribution < 1.29 is 27.4 Å². The second kappa shape index (κ2) is 14.8. The van der Waals surface area contributed by atoms with E-state index in [1.165, 1.54) is 13.2 Å². The average molecular weight is 578 g/mol. The summed E-state index contributed by atoms with van der Waals surface area (Å²) >= 11 is 0. The van der Waals surface area contributed by atoms with Gasteiger partial charge in [-0.2, -0.15) is 13.2 Å². The normalized spacial score (nSPS) is 27.0. The molecule has 2 bridgehead atoms. The molecular weight excluding hydrogens is 527 g/mol. The number of esters is 1. The number of halogens is 3. The summed E-state index contributed by atoms with van der Waals surface area (Å²) in [5.74, 6) is 0.348. The average Bonchev–Trinajstić information content (AvgIpc) is 2.98. The zero-order valence-electron chi connectivity index (χ0n) is 26.0. The summed E-state index contributed by atoms with van der Waals surface area (Å²) in [6, 6.07) is 9.26. The predicted molar refractivity (Wildman–Crippen MR) is 160 cm³/mol. The first-order valence-corrected chi connectivity index (χ1v) is 15.8. The van der Waals surface area contributed by atoms with Gasteiger partial charge in [-0.25, -0.2) is 0 Å². The van der Waals surface area contributed by atoms with Gasteiger partial charge >= 0.3 is 12.1 Å². The number of fused-ring (bicyclic) bond motifs is 3. The maximum Gasteiger partial charge on any atom is 0.420 e. The first kappa shape index (κ1) is 33.2. The number of carbonyl (C=O) groups excluding carboxylic acids is 1. The molecule has 1 saturated carbocycles. The van der Waals surface area contributed by atoms with E-state index in [-0.39, 0.29) is 47.3 Å². The van der Waals surface area contributed by atoms with E-state index in [2.05, 4.69) is 18.7 Å². The molecule has 3 atom stereocenters. The number of benzene rings is 2. The van der Waals surface area contributed by atoms with E-state index in [1.54, 1.807) is 12.1 Å². The van der Waals surface area contributed by atoms with E-state index in [1.807, 2.05) is 39.8 Å². The molecule has 41 heavy (non-hydrogen) atoms. The van der Waals surface area contributed by atoms with Gasteiger partial charge in [0.15, 0.2) is 0 Å². The van der Waals surface area contributed by atoms with Crippen LogP contribution in [0.25, 0.3) is 10.8 Å². The van der Waals surface area contributed by atoms with Crippen LogP contribution in [-0.4, -0.2) is 36.2 Å². The number of nitrogens with zero attached hydrogens (tertiary/aromatic N) is 1. The Balaban J connectivity index is 0.00000111. The Kier molecular flexibility index (Phi) is 12.0. The second-order valence-electron chi connectivity index (χ2n) is 11.5. The van der Waals surface area contributed by atoms with Crippen LogP contribution in [-0.2, 0) is 15.7 Å². The molecule has 2 aromatic rings. The lowest BCUT2D eigenvalue weighted by molar-refractivity contribution is -0.150. The molecule has 0 N–H and O–H groups in total. The van der Waals surface area contributed by atoms with Gasteiger partial charge in [-0.1, -0.05) is 59.2 Å². The van der Waals surface area contributed by atoms with Crippen molar-refractivity contribution in [3.05, 3.63) is 41.5 Å². The molecule has 2 saturated heterocycles. The minimum atomic E-state index is -4.50. The van der Waals surface area contributed by atoms with Gasteiger partial charge in [-0.15, -0.1) is 0 Å². The molecular formula is C34H50F3NO3. The van der Waals surface area contributed by atoms with Crippen LogP contribution in [0.2, 0.25) is 0 Å². The summed E-state index contributed by atoms with van der Waals surface area (Å²) in [6.07, 6.45) is 3.64. The molecule has 230 valence electrons. The van der Waals surface area contributed by atoms with E-state index in [9.17, 15) is 18.0 Å². The molecule has 0 radical (unpaired) electrons. The van der Waals surface area contributed by atoms with Crippen LogP contribution in [0.15, 0.2) is 30.3 Å². The van der Waals surface area contributed by atoms with Gasteiger partial charge in [0.1, 0.15) is 11.3 Å². The first-order valence-electron chi connectivity index (χ1n) is 15.8. The number of carbonyl (C=O) groups is 1. The van der Waals surface area contributed by atoms with Crippen molar-refractivity contribution in [2.24, 2.45) is 11.8 Å². The highest BCUT2D eigenvalue weighted by Crippen LogP contribution is 2.45. The first-order chi connectivity index (χ1) is 19.7. The van der Waals surface area contributed by atoms with E-state index in [4.69, 9.17) is 9.47 Å². The number of alkyl halides is 3. The molecule has 2 aromatic carbocycles. The van der Waals surface area contributed by atoms with Crippen molar-refractivity contribution in [1.29, 1.82) is 0 Å². The zero-order chi connectivity index (χ0) is 30.3. The number of rotatable bonds is 5. The number of hydrogen-bond acceptors (Lipinski definition) is 4. The highest BCUT2D eigenvalue weighted by molar-refractivity contribution is 5.89. The third kappa shape index (κ3) is 7.57. The van der Waals surface area contributed by atoms with E-state index < -0.39 is 11.7 Å². The smallest absolute Gasteiger partial charge is 0.420 e. The Hall–Kier alpha value is -2.28. The summed E-state index contributed by atoms with van der Waals surface area (Å²) in [7, 11) is 1.45. The fourth-order valence-corrected chi connectivity index (χ4v) is 7.09. The zero-order valence-corrected chi connectivity index (χ0v) is 26.0. The molecule has 7 heteroatoms. The summed E-state index contributed by atoms with van der Waals surface area (Å²) in [6.45, 7) is 12.3. The quantitative estimate of drug-likeness (QED) is 0.332. The van der Waals surface area contributed by atoms with Crippen molar-refractivity contribution >= 4 is 16.7 Å². The lowest BCUT2D eigenvalue weighted by Gasteiger charge is -2.51. The van der Waals surface area contributed by atoms with E-state index >= 15 is 0 Å². The summed E-state index contributed by atoms with van der Waals surface area (Å²) < 4.78 is 53.9. The molecule has 2 aliphatic heterocycles. The monoisotopic (exact) mass is 577 g/mol. The van der Waals surface area contributed by atoms with E-state index in [0.717, 1.165) is 63.4 Å². The molecule has 1 aliphatic carbocycles. The molecule has 2 heterocycles. The van der Waals surface area contributed by atoms with Gasteiger partial charge in [0.2, 0.25) is 0 Å². The molecule has 3 unspecified atom stereocenters. The van der Waals surface area contributed by atoms with Crippen LogP contribution in [0.4, 0.5) is 13.2 Å². The largest absolute Gasteiger partial charge is 0.490 e. The Labute approximate surface area is 245 Å². The third-order valence-corrected chi connectivity index (χ3v) is 9.04. The molecule has 5 rings (SSSR count). The lowest BCUT2D eigenvalue weighted by atomic mass is 9.77. The standard InChI is InChI=1S/C30H38F3NO3.2C2H6/c1-18-7-11-25(12-8-18)37-27-14-10-21-15-20(9-13-26(21)28(27)30(31,32)33)19(2)34-23-5-4-6-24(34)17-22(16-23)29(35)36-3;2*1-2/h9-10,13-15,18-19,22-25H,4-8,11-12,16-17H2,1-3H3;2*1-2H3. The topological polar surface area (TPSA) is 38.8 Å². The third-order valence-electron chi connectivity index (χ3n) is 9.04. The Bertz CT molecular complexity index is 1110. The maximum atomic E-state index is 14.3. The van der Waals surface area contributed by atoms with Gasteiger partial charge in [0.05, 0.1) is 19.1 Å². The maximum absolute atomic E-state index is 14.3. The van der Waals surface area contributed by atoms with Crippen molar-refractivity contribution in [1.82, 2.24) is 4.90 Å². The number of ether oxygens (including phenoxy) is 2. The minimum Gasteiger partial charge on any atom is -0.490 e. The Morgan fingerprint density at radius 1 is 0.927 bits per heavy atom. The van der Waals surface area contributed by atoms with Gasteiger partial charge in [0.25, 0.3) is 0 Å². The van der Waals surface area contributed by atoms with Gasteiger partial charge in [-0.05, 0) is 92.7 Å². The number of hydrogen-bond donors (Lipinski definition) is 0. The summed E-state index contributed by atoms with van der Waals surface area (Å²) in [5, 5.41) is 0.769. The number of piperidine rings is 2. The minimum absolute atomic E-state index is 0.0489. The van der Waals surface area contributed by atoms with Gasteiger partial charge in [-0.3, -0.25) is 9.69 Å². The van der Waals surface area contributed by atoms with Gasteiger partial charge in [0, 0.05) is 18.1 Å². The van der Waals surface area contributed by atoms with Crippen LogP contribution in [0.5, 0.6) is 5.75 Å². The fraction of sp³-hybridized carbons (Fsp3) is 0.676. The van der Waals surface area contributed by atoms with Gasteiger partial charge < -0.3 is 9.47 Å². The molecule has 0 aromatic heterocycles. The lowest BCUT2D eigenvalue weighted by Crippen LogP contribution is -2.54. The van der Waals surface area contributed by atoms with Crippen molar-refractivity contribution in [2.75, 3.05) is 7.11 Å². The van der Waals surface area contributed by atoms with Crippen molar-refractivity contribution in [3.8, 4) is 5.75 Å². The molecule has 3 aliphatic rings. The summed E-state index contributed by atoms with van der Waals surface area (Å²) in [4.78, 5) is 14.7. The van der Waals surface area contributed by atoms with Crippen LogP contribution < -0.4 is 4.74 Å².